The lowest BCUT2D eigenvalue weighted by Crippen LogP contribution is -2.05. The molecule has 0 amide bonds. The fraction of sp³-hybridized carbons (Fsp3) is 0.250. The molecule has 1 aromatic carbocycles. The summed E-state index contributed by atoms with van der Waals surface area (Å²) >= 11 is 3.16. The minimum atomic E-state index is -2.85. The molecule has 0 unspecified atom stereocenters. The summed E-state index contributed by atoms with van der Waals surface area (Å²) in [6.45, 7) is -1.13. The van der Waals surface area contributed by atoms with Crippen LogP contribution >= 0.6 is 15.9 Å². The van der Waals surface area contributed by atoms with Crippen LogP contribution < -0.4 is 10.5 Å². The number of aryl methyl sites for hydroxylation is 1. The van der Waals surface area contributed by atoms with Crippen LogP contribution in [0.15, 0.2) is 16.6 Å². The normalized spacial score (nSPS) is 10.5. The second-order valence-electron chi connectivity index (χ2n) is 2.51. The lowest BCUT2D eigenvalue weighted by molar-refractivity contribution is -0.0493. The van der Waals surface area contributed by atoms with Gasteiger partial charge in [0.2, 0.25) is 0 Å². The third kappa shape index (κ3) is 2.55. The van der Waals surface area contributed by atoms with Gasteiger partial charge in [0.1, 0.15) is 5.75 Å². The Bertz CT molecular complexity index is 317. The Kier molecular flexibility index (Phi) is 3.08. The number of ether oxygens (including phenoxy) is 1. The van der Waals surface area contributed by atoms with Gasteiger partial charge in [-0.2, -0.15) is 8.78 Å². The molecule has 0 saturated heterocycles. The van der Waals surface area contributed by atoms with Crippen molar-refractivity contribution in [2.45, 2.75) is 13.5 Å². The van der Waals surface area contributed by atoms with Gasteiger partial charge in [-0.25, -0.2) is 0 Å². The van der Waals surface area contributed by atoms with Crippen molar-refractivity contribution in [2.24, 2.45) is 0 Å². The van der Waals surface area contributed by atoms with E-state index >= 15 is 0 Å². The van der Waals surface area contributed by atoms with Crippen molar-refractivity contribution in [1.82, 2.24) is 0 Å². The van der Waals surface area contributed by atoms with E-state index in [1.165, 1.54) is 6.07 Å². The predicted molar refractivity (Wildman–Crippen MR) is 49.9 cm³/mol. The van der Waals surface area contributed by atoms with Crippen LogP contribution in [0.5, 0.6) is 5.75 Å². The number of halogens is 3. The Morgan fingerprint density at radius 3 is 2.62 bits per heavy atom. The van der Waals surface area contributed by atoms with Gasteiger partial charge in [-0.3, -0.25) is 0 Å². The molecule has 0 heterocycles. The molecule has 0 bridgehead atoms. The van der Waals surface area contributed by atoms with E-state index in [0.717, 1.165) is 0 Å². The van der Waals surface area contributed by atoms with Crippen LogP contribution in [0.2, 0.25) is 0 Å². The number of alkyl halides is 2. The van der Waals surface area contributed by atoms with E-state index < -0.39 is 6.61 Å². The van der Waals surface area contributed by atoms with Crippen molar-refractivity contribution >= 4 is 21.6 Å². The van der Waals surface area contributed by atoms with Crippen molar-refractivity contribution in [1.29, 1.82) is 0 Å². The first-order chi connectivity index (χ1) is 6.00. The molecular formula is C8H8BrF2NO. The molecule has 0 spiro atoms. The molecule has 0 radical (unpaired) electrons. The number of hydrogen-bond acceptors (Lipinski definition) is 2. The standard InChI is InChI=1S/C8H8BrF2NO/c1-4-2-5(9)3-6(7(4)12)13-8(10)11/h2-3,8H,12H2,1H3. The minimum absolute atomic E-state index is 0.00174. The average molecular weight is 252 g/mol. The van der Waals surface area contributed by atoms with E-state index in [1.54, 1.807) is 13.0 Å². The quantitative estimate of drug-likeness (QED) is 0.821. The third-order valence-corrected chi connectivity index (χ3v) is 1.99. The van der Waals surface area contributed by atoms with Gasteiger partial charge in [0, 0.05) is 4.47 Å². The summed E-state index contributed by atoms with van der Waals surface area (Å²) in [5, 5.41) is 0. The highest BCUT2D eigenvalue weighted by atomic mass is 79.9. The van der Waals surface area contributed by atoms with Gasteiger partial charge in [0.05, 0.1) is 5.69 Å². The first-order valence-electron chi connectivity index (χ1n) is 3.51. The average Bonchev–Trinajstić information content (AvgIpc) is 1.98. The summed E-state index contributed by atoms with van der Waals surface area (Å²) in [5.41, 5.74) is 6.46. The van der Waals surface area contributed by atoms with Crippen molar-refractivity contribution in [3.63, 3.8) is 0 Å². The Balaban J connectivity index is 3.05. The summed E-state index contributed by atoms with van der Waals surface area (Å²) in [7, 11) is 0. The molecule has 0 atom stereocenters. The number of hydrogen-bond donors (Lipinski definition) is 1. The Labute approximate surface area is 82.8 Å². The fourth-order valence-electron chi connectivity index (χ4n) is 0.917. The van der Waals surface area contributed by atoms with Crippen LogP contribution in [0.4, 0.5) is 14.5 Å². The molecule has 0 saturated carbocycles. The Hall–Kier alpha value is -0.840. The van der Waals surface area contributed by atoms with E-state index in [2.05, 4.69) is 20.7 Å². The molecule has 2 nitrogen and oxygen atoms in total. The Morgan fingerprint density at radius 2 is 2.08 bits per heavy atom. The topological polar surface area (TPSA) is 35.2 Å². The minimum Gasteiger partial charge on any atom is -0.433 e. The summed E-state index contributed by atoms with van der Waals surface area (Å²) < 4.78 is 28.6. The molecule has 2 N–H and O–H groups in total. The molecule has 0 fully saturated rings. The smallest absolute Gasteiger partial charge is 0.387 e. The van der Waals surface area contributed by atoms with Crippen LogP contribution in [-0.4, -0.2) is 6.61 Å². The van der Waals surface area contributed by atoms with E-state index in [9.17, 15) is 8.78 Å². The van der Waals surface area contributed by atoms with Gasteiger partial charge in [-0.1, -0.05) is 15.9 Å². The maximum absolute atomic E-state index is 11.9. The lowest BCUT2D eigenvalue weighted by atomic mass is 10.2. The fourth-order valence-corrected chi connectivity index (χ4v) is 1.47. The van der Waals surface area contributed by atoms with Gasteiger partial charge in [0.15, 0.2) is 0 Å². The zero-order valence-corrected chi connectivity index (χ0v) is 8.44. The van der Waals surface area contributed by atoms with Gasteiger partial charge >= 0.3 is 6.61 Å². The number of anilines is 1. The van der Waals surface area contributed by atoms with E-state index in [1.807, 2.05) is 0 Å². The molecule has 13 heavy (non-hydrogen) atoms. The highest BCUT2D eigenvalue weighted by molar-refractivity contribution is 9.10. The maximum atomic E-state index is 11.9. The number of nitrogen functional groups attached to an aromatic ring is 1. The van der Waals surface area contributed by atoms with Crippen molar-refractivity contribution in [3.8, 4) is 5.75 Å². The van der Waals surface area contributed by atoms with Gasteiger partial charge in [0.25, 0.3) is 0 Å². The number of nitrogens with two attached hydrogens (primary N) is 1. The Morgan fingerprint density at radius 1 is 1.46 bits per heavy atom. The van der Waals surface area contributed by atoms with E-state index in [0.29, 0.717) is 10.0 Å². The van der Waals surface area contributed by atoms with Crippen molar-refractivity contribution in [3.05, 3.63) is 22.2 Å². The SMILES string of the molecule is Cc1cc(Br)cc(OC(F)F)c1N. The highest BCUT2D eigenvalue weighted by Crippen LogP contribution is 2.30. The van der Waals surface area contributed by atoms with E-state index in [-0.39, 0.29) is 11.4 Å². The third-order valence-electron chi connectivity index (χ3n) is 1.53. The maximum Gasteiger partial charge on any atom is 0.387 e. The lowest BCUT2D eigenvalue weighted by Gasteiger charge is -2.09. The van der Waals surface area contributed by atoms with Crippen LogP contribution in [0, 0.1) is 6.92 Å². The molecule has 1 aromatic rings. The zero-order valence-electron chi connectivity index (χ0n) is 6.85. The van der Waals surface area contributed by atoms with E-state index in [4.69, 9.17) is 5.73 Å². The number of benzene rings is 1. The molecule has 0 aromatic heterocycles. The molecule has 1 rings (SSSR count). The predicted octanol–water partition coefficient (Wildman–Crippen LogP) is 2.94. The second kappa shape index (κ2) is 3.91. The second-order valence-corrected chi connectivity index (χ2v) is 3.43. The van der Waals surface area contributed by atoms with Gasteiger partial charge in [-0.15, -0.1) is 0 Å². The zero-order chi connectivity index (χ0) is 10.0. The summed E-state index contributed by atoms with van der Waals surface area (Å²) in [6.07, 6.45) is 0. The van der Waals surface area contributed by atoms with Crippen LogP contribution in [0.3, 0.4) is 0 Å². The largest absolute Gasteiger partial charge is 0.433 e. The summed E-state index contributed by atoms with van der Waals surface area (Å²) in [4.78, 5) is 0. The molecule has 0 aliphatic carbocycles. The molecule has 5 heteroatoms. The summed E-state index contributed by atoms with van der Waals surface area (Å²) in [5.74, 6) is 0.00174. The number of rotatable bonds is 2. The van der Waals surface area contributed by atoms with Gasteiger partial charge in [-0.05, 0) is 24.6 Å². The van der Waals surface area contributed by atoms with Crippen LogP contribution in [-0.2, 0) is 0 Å². The van der Waals surface area contributed by atoms with Crippen molar-refractivity contribution < 1.29 is 13.5 Å². The molecular weight excluding hydrogens is 244 g/mol. The van der Waals surface area contributed by atoms with Gasteiger partial charge < -0.3 is 10.5 Å². The van der Waals surface area contributed by atoms with Crippen LogP contribution in [0.25, 0.3) is 0 Å². The first-order valence-corrected chi connectivity index (χ1v) is 4.30. The molecule has 72 valence electrons. The first kappa shape index (κ1) is 10.2. The van der Waals surface area contributed by atoms with Crippen LogP contribution in [0.1, 0.15) is 5.56 Å². The molecule has 0 aliphatic rings. The molecule has 0 aliphatic heterocycles. The van der Waals surface area contributed by atoms with Crippen molar-refractivity contribution in [2.75, 3.05) is 5.73 Å². The monoisotopic (exact) mass is 251 g/mol. The summed E-state index contributed by atoms with van der Waals surface area (Å²) in [6, 6.07) is 3.14. The highest BCUT2D eigenvalue weighted by Gasteiger charge is 2.10.